The fraction of sp³-hybridized carbons (Fsp3) is 0.308. The predicted octanol–water partition coefficient (Wildman–Crippen LogP) is 1.63. The highest BCUT2D eigenvalue weighted by Gasteiger charge is 2.23. The fourth-order valence-corrected chi connectivity index (χ4v) is 2.39. The highest BCUT2D eigenvalue weighted by Crippen LogP contribution is 2.20. The minimum Gasteiger partial charge on any atom is -0.378 e. The Balaban J connectivity index is 1.88. The van der Waals surface area contributed by atoms with Crippen LogP contribution in [-0.4, -0.2) is 47.5 Å². The minimum absolute atomic E-state index is 0.132. The summed E-state index contributed by atoms with van der Waals surface area (Å²) in [5.74, 6) is 0.536. The van der Waals surface area contributed by atoms with Crippen LogP contribution in [0.25, 0.3) is 0 Å². The largest absolute Gasteiger partial charge is 0.378 e. The molecule has 1 N–H and O–H groups in total. The summed E-state index contributed by atoms with van der Waals surface area (Å²) in [7, 11) is 0. The zero-order valence-corrected chi connectivity index (χ0v) is 12.3. The first kappa shape index (κ1) is 13.3. The van der Waals surface area contributed by atoms with Crippen LogP contribution < -0.4 is 4.90 Å². The van der Waals surface area contributed by atoms with Crippen LogP contribution in [0.4, 0.5) is 5.82 Å². The number of ether oxygens (including phenoxy) is 1. The van der Waals surface area contributed by atoms with Crippen molar-refractivity contribution in [3.8, 4) is 0 Å². The summed E-state index contributed by atoms with van der Waals surface area (Å²) in [4.78, 5) is 14.5. The number of nitrogens with one attached hydrogen (secondary N) is 1. The van der Waals surface area contributed by atoms with Crippen molar-refractivity contribution in [2.75, 3.05) is 31.2 Å². The first-order valence-corrected chi connectivity index (χ1v) is 7.09. The molecule has 1 aromatic carbocycles. The topological polar surface area (TPSA) is 71.1 Å². The fourth-order valence-electron chi connectivity index (χ4n) is 2.12. The van der Waals surface area contributed by atoms with Crippen molar-refractivity contribution in [2.24, 2.45) is 0 Å². The number of hydrogen-bond donors (Lipinski definition) is 1. The first-order valence-electron chi connectivity index (χ1n) is 6.30. The zero-order chi connectivity index (χ0) is 13.9. The number of anilines is 1. The molecule has 0 atom stereocenters. The van der Waals surface area contributed by atoms with Gasteiger partial charge in [0.2, 0.25) is 5.78 Å². The van der Waals surface area contributed by atoms with Crippen molar-refractivity contribution < 1.29 is 9.53 Å². The number of aromatic amines is 1. The van der Waals surface area contributed by atoms with E-state index in [0.29, 0.717) is 30.3 Å². The summed E-state index contributed by atoms with van der Waals surface area (Å²) < 4.78 is 6.24. The Morgan fingerprint density at radius 3 is 2.65 bits per heavy atom. The van der Waals surface area contributed by atoms with Gasteiger partial charge in [-0.15, -0.1) is 5.10 Å². The number of benzene rings is 1. The standard InChI is InChI=1S/C13H13BrN4O2/c14-10-3-1-9(2-4-10)12(19)11-13(16-17-15-11)18-5-7-20-8-6-18/h1-4H,5-8H2,(H,15,16,17). The molecule has 6 nitrogen and oxygen atoms in total. The van der Waals surface area contributed by atoms with Gasteiger partial charge < -0.3 is 9.64 Å². The van der Waals surface area contributed by atoms with Crippen LogP contribution in [0.5, 0.6) is 0 Å². The van der Waals surface area contributed by atoms with Gasteiger partial charge in [-0.3, -0.25) is 4.79 Å². The molecule has 1 aliphatic heterocycles. The molecule has 0 bridgehead atoms. The third kappa shape index (κ3) is 2.59. The monoisotopic (exact) mass is 336 g/mol. The number of rotatable bonds is 3. The number of H-pyrrole nitrogens is 1. The van der Waals surface area contributed by atoms with Gasteiger partial charge in [0.1, 0.15) is 0 Å². The smallest absolute Gasteiger partial charge is 0.217 e. The molecule has 7 heteroatoms. The molecule has 1 aromatic heterocycles. The lowest BCUT2D eigenvalue weighted by Crippen LogP contribution is -2.37. The summed E-state index contributed by atoms with van der Waals surface area (Å²) in [5, 5.41) is 10.5. The molecule has 0 radical (unpaired) electrons. The molecular formula is C13H13BrN4O2. The predicted molar refractivity (Wildman–Crippen MR) is 77.0 cm³/mol. The molecule has 20 heavy (non-hydrogen) atoms. The second-order valence-corrected chi connectivity index (χ2v) is 5.36. The van der Waals surface area contributed by atoms with Gasteiger partial charge in [-0.25, -0.2) is 5.10 Å². The van der Waals surface area contributed by atoms with E-state index in [1.54, 1.807) is 12.1 Å². The van der Waals surface area contributed by atoms with Gasteiger partial charge in [0.05, 0.1) is 13.2 Å². The molecule has 0 amide bonds. The third-order valence-electron chi connectivity index (χ3n) is 3.18. The van der Waals surface area contributed by atoms with Crippen LogP contribution in [0.2, 0.25) is 0 Å². The van der Waals surface area contributed by atoms with Crippen molar-refractivity contribution in [3.63, 3.8) is 0 Å². The Morgan fingerprint density at radius 1 is 1.25 bits per heavy atom. The molecule has 104 valence electrons. The van der Waals surface area contributed by atoms with Crippen LogP contribution in [0, 0.1) is 0 Å². The average molecular weight is 337 g/mol. The molecular weight excluding hydrogens is 324 g/mol. The summed E-state index contributed by atoms with van der Waals surface area (Å²) in [6.07, 6.45) is 0. The second-order valence-electron chi connectivity index (χ2n) is 4.44. The molecule has 1 aliphatic rings. The van der Waals surface area contributed by atoms with Crippen LogP contribution in [0.3, 0.4) is 0 Å². The van der Waals surface area contributed by atoms with Gasteiger partial charge in [-0.1, -0.05) is 21.1 Å². The van der Waals surface area contributed by atoms with E-state index in [1.807, 2.05) is 17.0 Å². The van der Waals surface area contributed by atoms with Crippen molar-refractivity contribution in [2.45, 2.75) is 0 Å². The van der Waals surface area contributed by atoms with E-state index in [2.05, 4.69) is 31.3 Å². The third-order valence-corrected chi connectivity index (χ3v) is 3.71. The summed E-state index contributed by atoms with van der Waals surface area (Å²) in [6.45, 7) is 2.74. The SMILES string of the molecule is O=C(c1ccc(Br)cc1)c1nn[nH]c1N1CCOCC1. The molecule has 0 spiro atoms. The van der Waals surface area contributed by atoms with Gasteiger partial charge in [0.25, 0.3) is 0 Å². The number of hydrogen-bond acceptors (Lipinski definition) is 5. The minimum atomic E-state index is -0.132. The lowest BCUT2D eigenvalue weighted by molar-refractivity contribution is 0.103. The summed E-state index contributed by atoms with van der Waals surface area (Å²) >= 11 is 3.35. The number of carbonyl (C=O) groups excluding carboxylic acids is 1. The number of halogens is 1. The maximum atomic E-state index is 12.5. The van der Waals surface area contributed by atoms with E-state index < -0.39 is 0 Å². The molecule has 0 unspecified atom stereocenters. The van der Waals surface area contributed by atoms with E-state index >= 15 is 0 Å². The maximum absolute atomic E-state index is 12.5. The molecule has 0 saturated carbocycles. The van der Waals surface area contributed by atoms with Gasteiger partial charge in [-0.2, -0.15) is 0 Å². The second kappa shape index (κ2) is 5.72. The Labute approximate surface area is 124 Å². The lowest BCUT2D eigenvalue weighted by atomic mass is 10.1. The maximum Gasteiger partial charge on any atom is 0.217 e. The zero-order valence-electron chi connectivity index (χ0n) is 10.7. The quantitative estimate of drug-likeness (QED) is 0.862. The van der Waals surface area contributed by atoms with E-state index in [1.165, 1.54) is 0 Å². The lowest BCUT2D eigenvalue weighted by Gasteiger charge is -2.27. The number of aromatic nitrogens is 3. The van der Waals surface area contributed by atoms with E-state index in [4.69, 9.17) is 4.74 Å². The van der Waals surface area contributed by atoms with E-state index in [0.717, 1.165) is 17.6 Å². The normalized spacial score (nSPS) is 15.3. The van der Waals surface area contributed by atoms with Crippen molar-refractivity contribution in [3.05, 3.63) is 40.0 Å². The van der Waals surface area contributed by atoms with Crippen LogP contribution in [0.1, 0.15) is 16.1 Å². The van der Waals surface area contributed by atoms with Gasteiger partial charge >= 0.3 is 0 Å². The average Bonchev–Trinajstić information content (AvgIpc) is 2.97. The van der Waals surface area contributed by atoms with Gasteiger partial charge in [0.15, 0.2) is 11.5 Å². The molecule has 2 heterocycles. The molecule has 1 fully saturated rings. The first-order chi connectivity index (χ1) is 9.75. The Morgan fingerprint density at radius 2 is 1.95 bits per heavy atom. The number of morpholine rings is 1. The summed E-state index contributed by atoms with van der Waals surface area (Å²) in [5.41, 5.74) is 0.950. The molecule has 0 aliphatic carbocycles. The van der Waals surface area contributed by atoms with Gasteiger partial charge in [0, 0.05) is 23.1 Å². The molecule has 3 rings (SSSR count). The molecule has 2 aromatic rings. The Bertz CT molecular complexity index is 605. The number of carbonyl (C=O) groups is 1. The summed E-state index contributed by atoms with van der Waals surface area (Å²) in [6, 6.07) is 7.21. The highest BCUT2D eigenvalue weighted by atomic mass is 79.9. The van der Waals surface area contributed by atoms with Crippen molar-refractivity contribution in [1.82, 2.24) is 15.4 Å². The number of nitrogens with zero attached hydrogens (tertiary/aromatic N) is 3. The Hall–Kier alpha value is -1.73. The van der Waals surface area contributed by atoms with Crippen molar-refractivity contribution >= 4 is 27.5 Å². The van der Waals surface area contributed by atoms with Crippen LogP contribution in [-0.2, 0) is 4.74 Å². The van der Waals surface area contributed by atoms with E-state index in [9.17, 15) is 4.79 Å². The number of ketones is 1. The Kier molecular flexibility index (Phi) is 3.79. The van der Waals surface area contributed by atoms with Crippen molar-refractivity contribution in [1.29, 1.82) is 0 Å². The highest BCUT2D eigenvalue weighted by molar-refractivity contribution is 9.10. The van der Waals surface area contributed by atoms with E-state index in [-0.39, 0.29) is 5.78 Å². The molecule has 1 saturated heterocycles. The van der Waals surface area contributed by atoms with Gasteiger partial charge in [-0.05, 0) is 24.3 Å². The van der Waals surface area contributed by atoms with Crippen LogP contribution >= 0.6 is 15.9 Å². The van der Waals surface area contributed by atoms with Crippen LogP contribution in [0.15, 0.2) is 28.7 Å².